The average Bonchev–Trinajstić information content (AvgIpc) is 2.98. The normalized spacial score (nSPS) is 17.6. The lowest BCUT2D eigenvalue weighted by atomic mass is 10.1. The fraction of sp³-hybridized carbons (Fsp3) is 0.471. The zero-order valence-corrected chi connectivity index (χ0v) is 12.2. The molecule has 0 amide bonds. The van der Waals surface area contributed by atoms with Crippen LogP contribution in [0.5, 0.6) is 0 Å². The van der Waals surface area contributed by atoms with E-state index in [1.807, 2.05) is 12.3 Å². The summed E-state index contributed by atoms with van der Waals surface area (Å²) in [6, 6.07) is 11.1. The van der Waals surface area contributed by atoms with Gasteiger partial charge in [0.1, 0.15) is 0 Å². The quantitative estimate of drug-likeness (QED) is 0.904. The molecule has 20 heavy (non-hydrogen) atoms. The Balaban J connectivity index is 1.61. The second-order valence-electron chi connectivity index (χ2n) is 5.78. The highest BCUT2D eigenvalue weighted by Crippen LogP contribution is 2.16. The molecule has 3 heteroatoms. The van der Waals surface area contributed by atoms with E-state index >= 15 is 0 Å². The van der Waals surface area contributed by atoms with Gasteiger partial charge in [-0.3, -0.25) is 4.98 Å². The summed E-state index contributed by atoms with van der Waals surface area (Å²) in [7, 11) is 0. The smallest absolute Gasteiger partial charge is 0.0746 e. The zero-order chi connectivity index (χ0) is 13.8. The van der Waals surface area contributed by atoms with Gasteiger partial charge in [-0.2, -0.15) is 0 Å². The standard InChI is InChI=1S/C17H23N3/c1-14(13-20-10-2-3-11-20)19-12-16-7-4-6-15-8-5-9-18-17(15)16/h4-9,14,19H,2-3,10-13H2,1H3. The van der Waals surface area contributed by atoms with Gasteiger partial charge in [-0.15, -0.1) is 0 Å². The molecule has 3 nitrogen and oxygen atoms in total. The number of rotatable bonds is 5. The van der Waals surface area contributed by atoms with E-state index in [1.54, 1.807) is 0 Å². The number of pyridine rings is 1. The van der Waals surface area contributed by atoms with Crippen LogP contribution in [-0.2, 0) is 6.54 Å². The van der Waals surface area contributed by atoms with Crippen LogP contribution in [0, 0.1) is 0 Å². The Morgan fingerprint density at radius 2 is 2.00 bits per heavy atom. The highest BCUT2D eigenvalue weighted by atomic mass is 15.2. The van der Waals surface area contributed by atoms with E-state index in [4.69, 9.17) is 0 Å². The Morgan fingerprint density at radius 1 is 1.20 bits per heavy atom. The van der Waals surface area contributed by atoms with Crippen LogP contribution in [0.1, 0.15) is 25.3 Å². The Labute approximate surface area is 121 Å². The molecule has 0 radical (unpaired) electrons. The lowest BCUT2D eigenvalue weighted by molar-refractivity contribution is 0.298. The van der Waals surface area contributed by atoms with Gasteiger partial charge in [-0.25, -0.2) is 0 Å². The van der Waals surface area contributed by atoms with E-state index < -0.39 is 0 Å². The van der Waals surface area contributed by atoms with E-state index in [-0.39, 0.29) is 0 Å². The predicted molar refractivity (Wildman–Crippen MR) is 83.7 cm³/mol. The topological polar surface area (TPSA) is 28.2 Å². The molecule has 1 aliphatic rings. The van der Waals surface area contributed by atoms with Crippen LogP contribution < -0.4 is 5.32 Å². The summed E-state index contributed by atoms with van der Waals surface area (Å²) >= 11 is 0. The monoisotopic (exact) mass is 269 g/mol. The molecule has 0 spiro atoms. The van der Waals surface area contributed by atoms with Gasteiger partial charge < -0.3 is 10.2 Å². The number of likely N-dealkylation sites (tertiary alicyclic amines) is 1. The predicted octanol–water partition coefficient (Wildman–Crippen LogP) is 2.81. The maximum absolute atomic E-state index is 4.51. The Bertz CT molecular complexity index is 556. The fourth-order valence-corrected chi connectivity index (χ4v) is 3.01. The minimum atomic E-state index is 0.520. The molecule has 1 unspecified atom stereocenters. The van der Waals surface area contributed by atoms with Gasteiger partial charge in [0, 0.05) is 30.7 Å². The second-order valence-corrected chi connectivity index (χ2v) is 5.78. The molecule has 106 valence electrons. The van der Waals surface area contributed by atoms with Crippen LogP contribution in [0.15, 0.2) is 36.5 Å². The first-order valence-corrected chi connectivity index (χ1v) is 7.61. The molecule has 0 bridgehead atoms. The van der Waals surface area contributed by atoms with Crippen molar-refractivity contribution in [3.63, 3.8) is 0 Å². The third-order valence-corrected chi connectivity index (χ3v) is 4.09. The lowest BCUT2D eigenvalue weighted by Gasteiger charge is -2.21. The van der Waals surface area contributed by atoms with Crippen LogP contribution in [0.25, 0.3) is 10.9 Å². The number of fused-ring (bicyclic) bond motifs is 1. The van der Waals surface area contributed by atoms with E-state index in [0.717, 1.165) is 18.6 Å². The van der Waals surface area contributed by atoms with Crippen LogP contribution in [0.3, 0.4) is 0 Å². The number of nitrogens with zero attached hydrogens (tertiary/aromatic N) is 2. The van der Waals surface area contributed by atoms with Gasteiger partial charge in [0.15, 0.2) is 0 Å². The number of nitrogens with one attached hydrogen (secondary N) is 1. The summed E-state index contributed by atoms with van der Waals surface area (Å²) in [6.45, 7) is 6.85. The third-order valence-electron chi connectivity index (χ3n) is 4.09. The van der Waals surface area contributed by atoms with Gasteiger partial charge in [-0.05, 0) is 44.5 Å². The minimum Gasteiger partial charge on any atom is -0.309 e. The van der Waals surface area contributed by atoms with E-state index in [2.05, 4.69) is 46.4 Å². The van der Waals surface area contributed by atoms with Crippen molar-refractivity contribution in [3.05, 3.63) is 42.1 Å². The van der Waals surface area contributed by atoms with Gasteiger partial charge >= 0.3 is 0 Å². The number of aromatic nitrogens is 1. The summed E-state index contributed by atoms with van der Waals surface area (Å²) < 4.78 is 0. The summed E-state index contributed by atoms with van der Waals surface area (Å²) in [5.41, 5.74) is 2.41. The van der Waals surface area contributed by atoms with Gasteiger partial charge in [0.25, 0.3) is 0 Å². The number of para-hydroxylation sites is 1. The molecule has 1 aromatic heterocycles. The summed E-state index contributed by atoms with van der Waals surface area (Å²) in [5, 5.41) is 4.86. The van der Waals surface area contributed by atoms with Crippen molar-refractivity contribution in [2.24, 2.45) is 0 Å². The molecule has 0 saturated carbocycles. The SMILES string of the molecule is CC(CN1CCCC1)NCc1cccc2cccnc12. The molecule has 1 fully saturated rings. The first-order chi connectivity index (χ1) is 9.83. The number of hydrogen-bond donors (Lipinski definition) is 1. The molecule has 0 aliphatic carbocycles. The number of hydrogen-bond acceptors (Lipinski definition) is 3. The summed E-state index contributed by atoms with van der Waals surface area (Å²) in [6.07, 6.45) is 4.60. The maximum atomic E-state index is 4.51. The molecular formula is C17H23N3. The van der Waals surface area contributed by atoms with Gasteiger partial charge in [0.05, 0.1) is 5.52 Å². The first-order valence-electron chi connectivity index (χ1n) is 7.61. The van der Waals surface area contributed by atoms with Crippen molar-refractivity contribution in [1.82, 2.24) is 15.2 Å². The fourth-order valence-electron chi connectivity index (χ4n) is 3.01. The van der Waals surface area contributed by atoms with Crippen LogP contribution >= 0.6 is 0 Å². The van der Waals surface area contributed by atoms with Crippen LogP contribution in [0.2, 0.25) is 0 Å². The summed E-state index contributed by atoms with van der Waals surface area (Å²) in [4.78, 5) is 7.07. The van der Waals surface area contributed by atoms with Crippen molar-refractivity contribution in [1.29, 1.82) is 0 Å². The Morgan fingerprint density at radius 3 is 2.85 bits per heavy atom. The van der Waals surface area contributed by atoms with E-state index in [1.165, 1.54) is 36.9 Å². The molecule has 1 N–H and O–H groups in total. The second kappa shape index (κ2) is 6.33. The average molecular weight is 269 g/mol. The molecule has 2 heterocycles. The summed E-state index contributed by atoms with van der Waals surface area (Å²) in [5.74, 6) is 0. The lowest BCUT2D eigenvalue weighted by Crippen LogP contribution is -2.37. The first kappa shape index (κ1) is 13.5. The van der Waals surface area contributed by atoms with Crippen molar-refractivity contribution in [2.45, 2.75) is 32.4 Å². The molecule has 1 aliphatic heterocycles. The highest BCUT2D eigenvalue weighted by Gasteiger charge is 2.14. The Kier molecular flexibility index (Phi) is 4.28. The van der Waals surface area contributed by atoms with Gasteiger partial charge in [-0.1, -0.05) is 24.3 Å². The van der Waals surface area contributed by atoms with Crippen LogP contribution in [0.4, 0.5) is 0 Å². The molecule has 2 aromatic rings. The van der Waals surface area contributed by atoms with Crippen molar-refractivity contribution in [3.8, 4) is 0 Å². The molecule has 3 rings (SSSR count). The van der Waals surface area contributed by atoms with Crippen molar-refractivity contribution >= 4 is 10.9 Å². The van der Waals surface area contributed by atoms with Gasteiger partial charge in [0.2, 0.25) is 0 Å². The van der Waals surface area contributed by atoms with E-state index in [0.29, 0.717) is 6.04 Å². The molecule has 1 saturated heterocycles. The maximum Gasteiger partial charge on any atom is 0.0746 e. The van der Waals surface area contributed by atoms with E-state index in [9.17, 15) is 0 Å². The molecule has 1 aromatic carbocycles. The Hall–Kier alpha value is -1.45. The largest absolute Gasteiger partial charge is 0.309 e. The zero-order valence-electron chi connectivity index (χ0n) is 12.2. The minimum absolute atomic E-state index is 0.520. The van der Waals surface area contributed by atoms with Crippen molar-refractivity contribution in [2.75, 3.05) is 19.6 Å². The third kappa shape index (κ3) is 3.17. The molecule has 1 atom stereocenters. The highest BCUT2D eigenvalue weighted by molar-refractivity contribution is 5.81. The number of benzene rings is 1. The molecular weight excluding hydrogens is 246 g/mol. The van der Waals surface area contributed by atoms with Crippen molar-refractivity contribution < 1.29 is 0 Å². The van der Waals surface area contributed by atoms with Crippen LogP contribution in [-0.4, -0.2) is 35.6 Å².